The van der Waals surface area contributed by atoms with Crippen LogP contribution in [-0.2, 0) is 23.4 Å². The number of rotatable bonds is 5. The van der Waals surface area contributed by atoms with Gasteiger partial charge in [0.15, 0.2) is 32.0 Å². The number of fused-ring (bicyclic) bond motifs is 2. The van der Waals surface area contributed by atoms with Crippen molar-refractivity contribution < 1.29 is 47.2 Å². The number of ether oxygens (including phenoxy) is 6. The summed E-state index contributed by atoms with van der Waals surface area (Å²) in [6, 6.07) is 2.73. The molecule has 2 aliphatic heterocycles. The number of benzene rings is 1. The van der Waals surface area contributed by atoms with Gasteiger partial charge >= 0.3 is 18.2 Å². The predicted molar refractivity (Wildman–Crippen MR) is 146 cm³/mol. The molecule has 11 nitrogen and oxygen atoms in total. The van der Waals surface area contributed by atoms with Crippen molar-refractivity contribution in [2.45, 2.75) is 109 Å². The van der Waals surface area contributed by atoms with Crippen LogP contribution in [0.5, 0.6) is 17.2 Å². The van der Waals surface area contributed by atoms with E-state index in [1.54, 1.807) is 32.9 Å². The van der Waals surface area contributed by atoms with Gasteiger partial charge in [0, 0.05) is 12.8 Å². The van der Waals surface area contributed by atoms with Gasteiger partial charge in [-0.1, -0.05) is 27.7 Å². The van der Waals surface area contributed by atoms with Crippen LogP contribution in [0.2, 0.25) is 18.1 Å². The van der Waals surface area contributed by atoms with Gasteiger partial charge in [0.25, 0.3) is 0 Å². The van der Waals surface area contributed by atoms with Crippen molar-refractivity contribution in [2.24, 2.45) is 5.92 Å². The fourth-order valence-corrected chi connectivity index (χ4v) is 6.57. The molecule has 1 aromatic carbocycles. The summed E-state index contributed by atoms with van der Waals surface area (Å²) in [6.45, 7) is 19.2. The molecule has 0 radical (unpaired) electrons. The van der Waals surface area contributed by atoms with Crippen molar-refractivity contribution in [3.63, 3.8) is 0 Å². The molecule has 6 atom stereocenters. The molecule has 0 spiro atoms. The number of alkyl carbamates (subject to hydrolysis) is 1. The molecule has 1 aliphatic carbocycles. The number of amides is 1. The second-order valence-corrected chi connectivity index (χ2v) is 17.9. The van der Waals surface area contributed by atoms with E-state index in [1.807, 2.05) is 6.92 Å². The van der Waals surface area contributed by atoms with E-state index in [1.165, 1.54) is 6.92 Å². The summed E-state index contributed by atoms with van der Waals surface area (Å²) in [4.78, 5) is 37.5. The fourth-order valence-electron chi connectivity index (χ4n) is 5.19. The van der Waals surface area contributed by atoms with Gasteiger partial charge in [-0.2, -0.15) is 0 Å². The van der Waals surface area contributed by atoms with E-state index >= 15 is 0 Å². The number of carbonyl (C=O) groups excluding carboxylic acids is 3. The van der Waals surface area contributed by atoms with Crippen molar-refractivity contribution in [3.8, 4) is 17.2 Å². The summed E-state index contributed by atoms with van der Waals surface area (Å²) < 4.78 is 40.5. The normalized spacial score (nSPS) is 27.8. The molecule has 0 bridgehead atoms. The van der Waals surface area contributed by atoms with Gasteiger partial charge in [0.05, 0.1) is 12.1 Å². The number of hydrogen-bond donors (Lipinski definition) is 1. The molecular formula is C28H41NO10Si. The summed E-state index contributed by atoms with van der Waals surface area (Å²) in [5, 5.41) is 2.83. The minimum Gasteiger partial charge on any atom is -0.453 e. The first-order chi connectivity index (χ1) is 18.4. The largest absolute Gasteiger partial charge is 0.509 e. The second kappa shape index (κ2) is 10.4. The fraction of sp³-hybridized carbons (Fsp3) is 0.679. The van der Waals surface area contributed by atoms with Gasteiger partial charge in [-0.15, -0.1) is 0 Å². The van der Waals surface area contributed by atoms with E-state index in [-0.39, 0.29) is 23.5 Å². The molecule has 2 fully saturated rings. The molecule has 4 rings (SSSR count). The van der Waals surface area contributed by atoms with Crippen LogP contribution in [0.15, 0.2) is 12.1 Å². The quantitative estimate of drug-likeness (QED) is 0.280. The van der Waals surface area contributed by atoms with Crippen LogP contribution in [0.25, 0.3) is 0 Å². The standard InChI is InChI=1S/C28H41NO10Si/c1-14-19(16-11-17-22(34-13-33-17)18(12-16)35-15(2)30)20(29-25(31)38-27(3,4)5)23-24(37-26(32)36-23)21(14)39-40(9,10)28(6,7)8/h11-12,14,19-21,23-24H,13H2,1-10H3,(H,29,31)/t14-,19-,20-,21+,23+,24-/m1/s1. The summed E-state index contributed by atoms with van der Waals surface area (Å²) in [6.07, 6.45) is -3.65. The summed E-state index contributed by atoms with van der Waals surface area (Å²) >= 11 is 0. The van der Waals surface area contributed by atoms with Crippen molar-refractivity contribution in [2.75, 3.05) is 6.79 Å². The van der Waals surface area contributed by atoms with Crippen molar-refractivity contribution in [1.82, 2.24) is 5.32 Å². The van der Waals surface area contributed by atoms with Crippen LogP contribution in [0.4, 0.5) is 9.59 Å². The van der Waals surface area contributed by atoms with Gasteiger partial charge in [0.2, 0.25) is 12.5 Å². The number of esters is 1. The van der Waals surface area contributed by atoms with Gasteiger partial charge in [-0.05, 0) is 62.5 Å². The molecule has 0 unspecified atom stereocenters. The number of nitrogens with one attached hydrogen (secondary N) is 1. The van der Waals surface area contributed by atoms with Gasteiger partial charge < -0.3 is 38.2 Å². The average Bonchev–Trinajstić information content (AvgIpc) is 3.40. The van der Waals surface area contributed by atoms with Crippen LogP contribution in [0.1, 0.15) is 66.9 Å². The van der Waals surface area contributed by atoms with E-state index < -0.39 is 62.4 Å². The van der Waals surface area contributed by atoms with Gasteiger partial charge in [-0.25, -0.2) is 9.59 Å². The molecule has 12 heteroatoms. The van der Waals surface area contributed by atoms with Crippen molar-refractivity contribution in [1.29, 1.82) is 0 Å². The molecule has 3 aliphatic rings. The van der Waals surface area contributed by atoms with Crippen LogP contribution in [0, 0.1) is 5.92 Å². The Morgan fingerprint density at radius 2 is 1.68 bits per heavy atom. The third kappa shape index (κ3) is 6.02. The Morgan fingerprint density at radius 3 is 2.27 bits per heavy atom. The summed E-state index contributed by atoms with van der Waals surface area (Å²) in [7, 11) is -2.35. The zero-order chi connectivity index (χ0) is 29.8. The first-order valence-corrected chi connectivity index (χ1v) is 16.5. The highest BCUT2D eigenvalue weighted by atomic mass is 28.4. The number of carbonyl (C=O) groups is 3. The SMILES string of the molecule is CC(=O)Oc1cc([C@H]2[C@@H](C)[C@H](O[Si](C)(C)C(C)(C)C)[C@H]3OC(=O)O[C@H]3[C@@H]2NC(=O)OC(C)(C)C)cc2c1OCO2. The van der Waals surface area contributed by atoms with Crippen molar-refractivity contribution in [3.05, 3.63) is 17.7 Å². The molecule has 40 heavy (non-hydrogen) atoms. The topological polar surface area (TPSA) is 128 Å². The van der Waals surface area contributed by atoms with Crippen LogP contribution in [-0.4, -0.2) is 63.3 Å². The third-order valence-corrected chi connectivity index (χ3v) is 12.4. The highest BCUT2D eigenvalue weighted by Gasteiger charge is 2.59. The lowest BCUT2D eigenvalue weighted by Crippen LogP contribution is -2.64. The maximum Gasteiger partial charge on any atom is 0.509 e. The van der Waals surface area contributed by atoms with E-state index in [2.05, 4.69) is 39.2 Å². The molecular weight excluding hydrogens is 538 g/mol. The minimum atomic E-state index is -2.35. The van der Waals surface area contributed by atoms with Gasteiger partial charge in [0.1, 0.15) is 5.60 Å². The Morgan fingerprint density at radius 1 is 1.02 bits per heavy atom. The third-order valence-electron chi connectivity index (χ3n) is 7.96. The Labute approximate surface area is 236 Å². The molecule has 2 heterocycles. The summed E-state index contributed by atoms with van der Waals surface area (Å²) in [5.41, 5.74) is -0.0727. The number of hydrogen-bond acceptors (Lipinski definition) is 10. The average molecular weight is 580 g/mol. The lowest BCUT2D eigenvalue weighted by atomic mass is 9.69. The highest BCUT2D eigenvalue weighted by Crippen LogP contribution is 2.51. The monoisotopic (exact) mass is 579 g/mol. The Bertz CT molecular complexity index is 1170. The van der Waals surface area contributed by atoms with Gasteiger partial charge in [-0.3, -0.25) is 4.79 Å². The lowest BCUT2D eigenvalue weighted by molar-refractivity contribution is -0.132. The second-order valence-electron chi connectivity index (χ2n) is 13.2. The molecule has 1 saturated heterocycles. The Balaban J connectivity index is 1.83. The van der Waals surface area contributed by atoms with E-state index in [0.29, 0.717) is 17.1 Å². The van der Waals surface area contributed by atoms with E-state index in [9.17, 15) is 14.4 Å². The first kappa shape index (κ1) is 30.0. The maximum atomic E-state index is 13.1. The zero-order valence-electron chi connectivity index (χ0n) is 24.9. The molecule has 1 saturated carbocycles. The van der Waals surface area contributed by atoms with E-state index in [0.717, 1.165) is 0 Å². The Kier molecular flexibility index (Phi) is 7.83. The Hall–Kier alpha value is -2.99. The van der Waals surface area contributed by atoms with Crippen molar-refractivity contribution >= 4 is 26.5 Å². The maximum absolute atomic E-state index is 13.1. The summed E-state index contributed by atoms with van der Waals surface area (Å²) in [5.74, 6) is -0.379. The molecule has 1 amide bonds. The highest BCUT2D eigenvalue weighted by molar-refractivity contribution is 6.74. The van der Waals surface area contributed by atoms with E-state index in [4.69, 9.17) is 32.8 Å². The molecule has 1 aromatic rings. The predicted octanol–water partition coefficient (Wildman–Crippen LogP) is 5.26. The lowest BCUT2D eigenvalue weighted by Gasteiger charge is -2.49. The van der Waals surface area contributed by atoms with Crippen LogP contribution in [0.3, 0.4) is 0 Å². The van der Waals surface area contributed by atoms with Crippen LogP contribution >= 0.6 is 0 Å². The zero-order valence-corrected chi connectivity index (χ0v) is 25.9. The molecule has 1 N–H and O–H groups in total. The minimum absolute atomic E-state index is 0.0277. The first-order valence-electron chi connectivity index (χ1n) is 13.5. The molecule has 222 valence electrons. The smallest absolute Gasteiger partial charge is 0.453 e. The van der Waals surface area contributed by atoms with Crippen LogP contribution < -0.4 is 19.5 Å². The molecule has 0 aromatic heterocycles.